The Morgan fingerprint density at radius 2 is 1.88 bits per heavy atom. The van der Waals surface area contributed by atoms with Gasteiger partial charge in [0.25, 0.3) is 0 Å². The zero-order valence-corrected chi connectivity index (χ0v) is 9.27. The number of carbonyl (C=O) groups is 1. The van der Waals surface area contributed by atoms with E-state index in [0.717, 1.165) is 5.56 Å². The van der Waals surface area contributed by atoms with Gasteiger partial charge in [0, 0.05) is 0 Å². The van der Waals surface area contributed by atoms with Gasteiger partial charge in [-0.3, -0.25) is 0 Å². The number of hydrogen-bond donors (Lipinski definition) is 3. The van der Waals surface area contributed by atoms with Crippen LogP contribution in [0.3, 0.4) is 0 Å². The standard InChI is InChI=1S/C12H16O5/c13-6-10(15)12(16)11(7-14)17-8-9-4-2-1-3-5-9/h1-6,10-12,14-16H,7-8H2/t10-,11+,12+/m1/s1. The lowest BCUT2D eigenvalue weighted by Gasteiger charge is -2.22. The summed E-state index contributed by atoms with van der Waals surface area (Å²) in [5.74, 6) is 0. The molecule has 0 aromatic heterocycles. The van der Waals surface area contributed by atoms with Gasteiger partial charge in [0.2, 0.25) is 0 Å². The van der Waals surface area contributed by atoms with Gasteiger partial charge in [-0.05, 0) is 5.56 Å². The summed E-state index contributed by atoms with van der Waals surface area (Å²) < 4.78 is 5.24. The van der Waals surface area contributed by atoms with Crippen LogP contribution in [-0.4, -0.2) is 46.5 Å². The Balaban J connectivity index is 2.50. The lowest BCUT2D eigenvalue weighted by molar-refractivity contribution is -0.135. The fraction of sp³-hybridized carbons (Fsp3) is 0.417. The fourth-order valence-electron chi connectivity index (χ4n) is 1.34. The molecule has 0 radical (unpaired) electrons. The van der Waals surface area contributed by atoms with E-state index in [1.165, 1.54) is 0 Å². The molecule has 1 rings (SSSR count). The molecule has 1 aromatic rings. The van der Waals surface area contributed by atoms with E-state index in [4.69, 9.17) is 14.9 Å². The summed E-state index contributed by atoms with van der Waals surface area (Å²) in [5, 5.41) is 27.6. The quantitative estimate of drug-likeness (QED) is 0.558. The van der Waals surface area contributed by atoms with Gasteiger partial charge in [0.1, 0.15) is 18.3 Å². The molecule has 1 aromatic carbocycles. The molecule has 0 aliphatic carbocycles. The number of hydrogen-bond acceptors (Lipinski definition) is 5. The Morgan fingerprint density at radius 3 is 2.41 bits per heavy atom. The van der Waals surface area contributed by atoms with Crippen LogP contribution >= 0.6 is 0 Å². The van der Waals surface area contributed by atoms with Crippen LogP contribution in [0.2, 0.25) is 0 Å². The Kier molecular flexibility index (Phi) is 5.79. The first-order valence-electron chi connectivity index (χ1n) is 5.27. The van der Waals surface area contributed by atoms with Crippen LogP contribution in [0, 0.1) is 0 Å². The number of carbonyl (C=O) groups excluding carboxylic acids is 1. The number of aldehydes is 1. The monoisotopic (exact) mass is 240 g/mol. The minimum atomic E-state index is -1.55. The minimum absolute atomic E-state index is 0.189. The van der Waals surface area contributed by atoms with Gasteiger partial charge in [-0.25, -0.2) is 0 Å². The second kappa shape index (κ2) is 7.13. The zero-order valence-electron chi connectivity index (χ0n) is 9.27. The molecular weight excluding hydrogens is 224 g/mol. The molecule has 94 valence electrons. The van der Waals surface area contributed by atoms with Gasteiger partial charge < -0.3 is 24.9 Å². The Hall–Kier alpha value is -1.27. The lowest BCUT2D eigenvalue weighted by atomic mass is 10.1. The largest absolute Gasteiger partial charge is 0.394 e. The second-order valence-corrected chi connectivity index (χ2v) is 3.63. The van der Waals surface area contributed by atoms with Crippen LogP contribution in [0.5, 0.6) is 0 Å². The molecule has 3 N–H and O–H groups in total. The highest BCUT2D eigenvalue weighted by Crippen LogP contribution is 2.08. The van der Waals surface area contributed by atoms with Crippen molar-refractivity contribution in [3.63, 3.8) is 0 Å². The van der Waals surface area contributed by atoms with Crippen molar-refractivity contribution >= 4 is 6.29 Å². The molecule has 0 unspecified atom stereocenters. The summed E-state index contributed by atoms with van der Waals surface area (Å²) in [6.07, 6.45) is -3.77. The third kappa shape index (κ3) is 4.24. The highest BCUT2D eigenvalue weighted by molar-refractivity contribution is 5.56. The normalized spacial score (nSPS) is 16.2. The van der Waals surface area contributed by atoms with Crippen LogP contribution in [0.4, 0.5) is 0 Å². The lowest BCUT2D eigenvalue weighted by Crippen LogP contribution is -2.42. The summed E-state index contributed by atoms with van der Waals surface area (Å²) in [6.45, 7) is -0.284. The minimum Gasteiger partial charge on any atom is -0.394 e. The molecule has 0 fully saturated rings. The highest BCUT2D eigenvalue weighted by Gasteiger charge is 2.26. The molecule has 5 heteroatoms. The van der Waals surface area contributed by atoms with E-state index in [2.05, 4.69) is 0 Å². The molecular formula is C12H16O5. The van der Waals surface area contributed by atoms with Gasteiger partial charge in [-0.15, -0.1) is 0 Å². The Bertz CT molecular complexity index is 327. The first-order valence-corrected chi connectivity index (χ1v) is 5.27. The fourth-order valence-corrected chi connectivity index (χ4v) is 1.34. The number of ether oxygens (including phenoxy) is 1. The van der Waals surface area contributed by atoms with Crippen LogP contribution in [0.1, 0.15) is 5.56 Å². The van der Waals surface area contributed by atoms with Crippen molar-refractivity contribution in [1.82, 2.24) is 0 Å². The summed E-state index contributed by atoms with van der Waals surface area (Å²) in [6, 6.07) is 9.19. The topological polar surface area (TPSA) is 87.0 Å². The van der Waals surface area contributed by atoms with E-state index in [1.807, 2.05) is 30.3 Å². The van der Waals surface area contributed by atoms with Crippen molar-refractivity contribution in [2.45, 2.75) is 24.9 Å². The average Bonchev–Trinajstić information content (AvgIpc) is 2.39. The van der Waals surface area contributed by atoms with Crippen LogP contribution in [0.25, 0.3) is 0 Å². The maximum atomic E-state index is 10.3. The number of aliphatic hydroxyl groups is 3. The molecule has 0 bridgehead atoms. The van der Waals surface area contributed by atoms with E-state index >= 15 is 0 Å². The van der Waals surface area contributed by atoms with E-state index in [0.29, 0.717) is 0 Å². The third-order valence-corrected chi connectivity index (χ3v) is 2.36. The molecule has 0 heterocycles. The maximum Gasteiger partial charge on any atom is 0.151 e. The van der Waals surface area contributed by atoms with Crippen molar-refractivity contribution in [2.75, 3.05) is 6.61 Å². The van der Waals surface area contributed by atoms with E-state index in [1.54, 1.807) is 0 Å². The van der Waals surface area contributed by atoms with Crippen molar-refractivity contribution in [3.05, 3.63) is 35.9 Å². The van der Waals surface area contributed by atoms with Gasteiger partial charge >= 0.3 is 0 Å². The van der Waals surface area contributed by atoms with Crippen molar-refractivity contribution < 1.29 is 24.9 Å². The molecule has 0 spiro atoms. The van der Waals surface area contributed by atoms with Crippen LogP contribution < -0.4 is 0 Å². The Labute approximate surface area is 99.3 Å². The van der Waals surface area contributed by atoms with E-state index in [-0.39, 0.29) is 12.9 Å². The summed E-state index contributed by atoms with van der Waals surface area (Å²) >= 11 is 0. The van der Waals surface area contributed by atoms with Crippen LogP contribution in [-0.2, 0) is 16.1 Å². The maximum absolute atomic E-state index is 10.3. The summed E-state index contributed by atoms with van der Waals surface area (Å²) in [4.78, 5) is 10.3. The molecule has 0 saturated heterocycles. The molecule has 3 atom stereocenters. The van der Waals surface area contributed by atoms with E-state index < -0.39 is 24.9 Å². The van der Waals surface area contributed by atoms with Crippen molar-refractivity contribution in [1.29, 1.82) is 0 Å². The number of rotatable bonds is 7. The average molecular weight is 240 g/mol. The smallest absolute Gasteiger partial charge is 0.151 e. The number of aliphatic hydroxyl groups excluding tert-OH is 3. The predicted octanol–water partition coefficient (Wildman–Crippen LogP) is -0.515. The molecule has 0 aliphatic rings. The first-order chi connectivity index (χ1) is 8.19. The third-order valence-electron chi connectivity index (χ3n) is 2.36. The molecule has 0 aliphatic heterocycles. The van der Waals surface area contributed by atoms with Gasteiger partial charge in [-0.1, -0.05) is 30.3 Å². The molecule has 5 nitrogen and oxygen atoms in total. The Morgan fingerprint density at radius 1 is 1.24 bits per heavy atom. The highest BCUT2D eigenvalue weighted by atomic mass is 16.5. The molecule has 17 heavy (non-hydrogen) atoms. The predicted molar refractivity (Wildman–Crippen MR) is 60.2 cm³/mol. The van der Waals surface area contributed by atoms with Crippen molar-refractivity contribution in [3.8, 4) is 0 Å². The van der Waals surface area contributed by atoms with Gasteiger partial charge in [0.15, 0.2) is 6.29 Å². The van der Waals surface area contributed by atoms with Crippen LogP contribution in [0.15, 0.2) is 30.3 Å². The SMILES string of the molecule is O=C[C@@H](O)[C@H](O)[C@H](CO)OCc1ccccc1. The first kappa shape index (κ1) is 13.8. The summed E-state index contributed by atoms with van der Waals surface area (Å²) in [7, 11) is 0. The van der Waals surface area contributed by atoms with Crippen molar-refractivity contribution in [2.24, 2.45) is 0 Å². The van der Waals surface area contributed by atoms with Gasteiger partial charge in [0.05, 0.1) is 13.2 Å². The molecule has 0 saturated carbocycles. The molecule has 0 amide bonds. The van der Waals surface area contributed by atoms with E-state index in [9.17, 15) is 9.90 Å². The summed E-state index contributed by atoms with van der Waals surface area (Å²) in [5.41, 5.74) is 0.874. The van der Waals surface area contributed by atoms with Gasteiger partial charge in [-0.2, -0.15) is 0 Å². The second-order valence-electron chi connectivity index (χ2n) is 3.63. The number of benzene rings is 1. The zero-order chi connectivity index (χ0) is 12.7.